The highest BCUT2D eigenvalue weighted by Gasteiger charge is 2.20. The maximum absolute atomic E-state index is 11.7. The first-order chi connectivity index (χ1) is 12.7. The normalized spacial score (nSPS) is 16.1. The van der Waals surface area contributed by atoms with E-state index in [1.54, 1.807) is 20.4 Å². The van der Waals surface area contributed by atoms with Crippen LogP contribution in [0.25, 0.3) is 0 Å². The van der Waals surface area contributed by atoms with Crippen LogP contribution >= 0.6 is 24.0 Å². The van der Waals surface area contributed by atoms with Crippen LogP contribution in [-0.2, 0) is 19.4 Å². The molecule has 1 aromatic heterocycles. The molecule has 0 radical (unpaired) electrons. The molecule has 3 rings (SSSR count). The van der Waals surface area contributed by atoms with Crippen LogP contribution in [0, 0.1) is 0 Å². The average Bonchev–Trinajstić information content (AvgIpc) is 3.14. The summed E-state index contributed by atoms with van der Waals surface area (Å²) < 4.78 is 1.94. The molecule has 8 nitrogen and oxygen atoms in total. The van der Waals surface area contributed by atoms with Gasteiger partial charge < -0.3 is 16.0 Å². The Bertz CT molecular complexity index is 790. The summed E-state index contributed by atoms with van der Waals surface area (Å²) in [5.74, 6) is 1.75. The van der Waals surface area contributed by atoms with Crippen molar-refractivity contribution in [1.82, 2.24) is 30.7 Å². The third-order valence-corrected chi connectivity index (χ3v) is 4.49. The molecule has 2 aromatic rings. The Morgan fingerprint density at radius 1 is 1.41 bits per heavy atom. The van der Waals surface area contributed by atoms with Crippen molar-refractivity contribution < 1.29 is 4.79 Å². The van der Waals surface area contributed by atoms with Crippen LogP contribution in [0.2, 0.25) is 0 Å². The van der Waals surface area contributed by atoms with E-state index in [0.29, 0.717) is 5.56 Å². The summed E-state index contributed by atoms with van der Waals surface area (Å²) in [5, 5.41) is 13.7. The maximum Gasteiger partial charge on any atom is 0.251 e. The van der Waals surface area contributed by atoms with Gasteiger partial charge in [0.2, 0.25) is 0 Å². The van der Waals surface area contributed by atoms with E-state index in [2.05, 4.69) is 31.0 Å². The van der Waals surface area contributed by atoms with Crippen molar-refractivity contribution in [3.63, 3.8) is 0 Å². The van der Waals surface area contributed by atoms with Gasteiger partial charge >= 0.3 is 0 Å². The van der Waals surface area contributed by atoms with E-state index in [1.807, 2.05) is 28.9 Å². The maximum atomic E-state index is 11.7. The quantitative estimate of drug-likeness (QED) is 0.335. The fourth-order valence-corrected chi connectivity index (χ4v) is 3.08. The molecule has 1 aromatic carbocycles. The molecule has 146 valence electrons. The zero-order valence-electron chi connectivity index (χ0n) is 15.6. The van der Waals surface area contributed by atoms with Crippen molar-refractivity contribution >= 4 is 35.8 Å². The summed E-state index contributed by atoms with van der Waals surface area (Å²) >= 11 is 0. The highest BCUT2D eigenvalue weighted by Crippen LogP contribution is 2.11. The van der Waals surface area contributed by atoms with Crippen molar-refractivity contribution in [2.75, 3.05) is 20.6 Å². The second-order valence-electron chi connectivity index (χ2n) is 6.27. The van der Waals surface area contributed by atoms with E-state index in [0.717, 1.165) is 49.7 Å². The topological polar surface area (TPSA) is 96.2 Å². The smallest absolute Gasteiger partial charge is 0.251 e. The number of aliphatic imine (C=N–C) groups is 1. The molecule has 3 N–H and O–H groups in total. The van der Waals surface area contributed by atoms with E-state index in [1.165, 1.54) is 0 Å². The minimum atomic E-state index is -0.0675. The predicted octanol–water partition coefficient (Wildman–Crippen LogP) is 0.978. The van der Waals surface area contributed by atoms with Gasteiger partial charge in [-0.2, -0.15) is 5.10 Å². The van der Waals surface area contributed by atoms with Crippen LogP contribution in [0.1, 0.15) is 28.2 Å². The molecule has 9 heteroatoms. The van der Waals surface area contributed by atoms with Gasteiger partial charge in [-0.25, -0.2) is 9.67 Å². The van der Waals surface area contributed by atoms with Crippen LogP contribution in [0.15, 0.2) is 35.6 Å². The number of hydrogen-bond acceptors (Lipinski definition) is 4. The Morgan fingerprint density at radius 3 is 3.04 bits per heavy atom. The SMILES string of the molecule is CN=C(NCCc1cccc(C(=O)NC)c1)NC1CCc2ncnn2C1.I. The summed E-state index contributed by atoms with van der Waals surface area (Å²) in [6, 6.07) is 7.96. The van der Waals surface area contributed by atoms with Gasteiger partial charge in [0, 0.05) is 38.7 Å². The number of rotatable bonds is 5. The molecule has 2 heterocycles. The number of aryl methyl sites for hydroxylation is 1. The van der Waals surface area contributed by atoms with Gasteiger partial charge in [-0.3, -0.25) is 9.79 Å². The molecular weight excluding hydrogens is 457 g/mol. The van der Waals surface area contributed by atoms with Crippen LogP contribution in [0.3, 0.4) is 0 Å². The van der Waals surface area contributed by atoms with Gasteiger partial charge in [-0.05, 0) is 30.5 Å². The first-order valence-corrected chi connectivity index (χ1v) is 8.84. The number of halogens is 1. The van der Waals surface area contributed by atoms with E-state index >= 15 is 0 Å². The predicted molar refractivity (Wildman–Crippen MR) is 116 cm³/mol. The van der Waals surface area contributed by atoms with Crippen LogP contribution in [0.4, 0.5) is 0 Å². The van der Waals surface area contributed by atoms with Crippen LogP contribution in [0.5, 0.6) is 0 Å². The van der Waals surface area contributed by atoms with Gasteiger partial charge in [0.15, 0.2) is 5.96 Å². The number of nitrogens with one attached hydrogen (secondary N) is 3. The average molecular weight is 483 g/mol. The molecule has 1 aliphatic rings. The fourth-order valence-electron chi connectivity index (χ4n) is 3.08. The van der Waals surface area contributed by atoms with Gasteiger partial charge in [0.25, 0.3) is 5.91 Å². The Balaban J connectivity index is 0.00000261. The number of hydrogen-bond donors (Lipinski definition) is 3. The number of benzene rings is 1. The van der Waals surface area contributed by atoms with E-state index in [4.69, 9.17) is 0 Å². The first-order valence-electron chi connectivity index (χ1n) is 8.84. The molecule has 0 aliphatic carbocycles. The zero-order chi connectivity index (χ0) is 18.4. The van der Waals surface area contributed by atoms with Crippen molar-refractivity contribution in [2.24, 2.45) is 4.99 Å². The van der Waals surface area contributed by atoms with E-state index in [9.17, 15) is 4.79 Å². The number of nitrogens with zero attached hydrogens (tertiary/aromatic N) is 4. The molecule has 1 unspecified atom stereocenters. The lowest BCUT2D eigenvalue weighted by Gasteiger charge is -2.25. The van der Waals surface area contributed by atoms with E-state index in [-0.39, 0.29) is 35.9 Å². The third-order valence-electron chi connectivity index (χ3n) is 4.49. The molecule has 0 bridgehead atoms. The Kier molecular flexibility index (Phi) is 8.01. The zero-order valence-corrected chi connectivity index (χ0v) is 17.9. The number of fused-ring (bicyclic) bond motifs is 1. The molecule has 0 saturated carbocycles. The summed E-state index contributed by atoms with van der Waals surface area (Å²) in [6.45, 7) is 1.53. The largest absolute Gasteiger partial charge is 0.356 e. The number of carbonyl (C=O) groups excluding carboxylic acids is 1. The van der Waals surface area contributed by atoms with Crippen LogP contribution < -0.4 is 16.0 Å². The van der Waals surface area contributed by atoms with Gasteiger partial charge in [0.1, 0.15) is 12.2 Å². The molecule has 1 aliphatic heterocycles. The standard InChI is InChI=1S/C18H25N7O.HI/c1-19-17(26)14-5-3-4-13(10-14)8-9-21-18(20-2)24-15-6-7-16-22-12-23-25(16)11-15;/h3-5,10,12,15H,6-9,11H2,1-2H3,(H,19,26)(H2,20,21,24);1H. The lowest BCUT2D eigenvalue weighted by molar-refractivity contribution is 0.0963. The minimum absolute atomic E-state index is 0. The van der Waals surface area contributed by atoms with Crippen molar-refractivity contribution in [2.45, 2.75) is 31.8 Å². The molecule has 1 atom stereocenters. The highest BCUT2D eigenvalue weighted by molar-refractivity contribution is 14.0. The summed E-state index contributed by atoms with van der Waals surface area (Å²) in [6.07, 6.45) is 4.34. The Morgan fingerprint density at radius 2 is 2.26 bits per heavy atom. The first kappa shape index (κ1) is 21.1. The molecule has 0 saturated heterocycles. The third kappa shape index (κ3) is 5.65. The summed E-state index contributed by atoms with van der Waals surface area (Å²) in [7, 11) is 3.41. The Hall–Kier alpha value is -2.17. The number of amides is 1. The molecular formula is C18H26IN7O. The van der Waals surface area contributed by atoms with Gasteiger partial charge in [0.05, 0.1) is 6.54 Å². The summed E-state index contributed by atoms with van der Waals surface area (Å²) in [4.78, 5) is 20.3. The minimum Gasteiger partial charge on any atom is -0.356 e. The molecule has 0 fully saturated rings. The lowest BCUT2D eigenvalue weighted by atomic mass is 10.1. The highest BCUT2D eigenvalue weighted by atomic mass is 127. The number of guanidine groups is 1. The van der Waals surface area contributed by atoms with Crippen molar-refractivity contribution in [3.8, 4) is 0 Å². The Labute approximate surface area is 176 Å². The van der Waals surface area contributed by atoms with Gasteiger partial charge in [-0.15, -0.1) is 24.0 Å². The lowest BCUT2D eigenvalue weighted by Crippen LogP contribution is -2.47. The van der Waals surface area contributed by atoms with E-state index < -0.39 is 0 Å². The number of aromatic nitrogens is 3. The molecule has 1 amide bonds. The monoisotopic (exact) mass is 483 g/mol. The van der Waals surface area contributed by atoms with Crippen LogP contribution in [-0.4, -0.2) is 53.3 Å². The fraction of sp³-hybridized carbons (Fsp3) is 0.444. The number of carbonyl (C=O) groups is 1. The molecule has 0 spiro atoms. The second-order valence-corrected chi connectivity index (χ2v) is 6.27. The van der Waals surface area contributed by atoms with Crippen molar-refractivity contribution in [3.05, 3.63) is 47.5 Å². The summed E-state index contributed by atoms with van der Waals surface area (Å²) in [5.41, 5.74) is 1.79. The second kappa shape index (κ2) is 10.2. The molecule has 27 heavy (non-hydrogen) atoms. The van der Waals surface area contributed by atoms with Gasteiger partial charge in [-0.1, -0.05) is 12.1 Å². The van der Waals surface area contributed by atoms with Crippen molar-refractivity contribution in [1.29, 1.82) is 0 Å².